The second-order valence-corrected chi connectivity index (χ2v) is 4.92. The van der Waals surface area contributed by atoms with Crippen LogP contribution in [0.2, 0.25) is 10.0 Å². The fraction of sp³-hybridized carbons (Fsp3) is 0.0769. The number of imidazole rings is 1. The number of pyridine rings is 1. The minimum absolute atomic E-state index is 0.395. The smallest absolute Gasteiger partial charge is 0.138 e. The van der Waals surface area contributed by atoms with E-state index in [2.05, 4.69) is 15.0 Å². The van der Waals surface area contributed by atoms with Crippen molar-refractivity contribution >= 4 is 34.2 Å². The van der Waals surface area contributed by atoms with Crippen molar-refractivity contribution in [3.05, 3.63) is 46.2 Å². The Morgan fingerprint density at radius 2 is 1.95 bits per heavy atom. The molecular weight excluding hydrogens is 283 g/mol. The molecule has 96 valence electrons. The number of fused-ring (bicyclic) bond motifs is 1. The number of hydrogen-bond donors (Lipinski definition) is 2. The van der Waals surface area contributed by atoms with Crippen molar-refractivity contribution in [3.63, 3.8) is 0 Å². The highest BCUT2D eigenvalue weighted by molar-refractivity contribution is 6.42. The van der Waals surface area contributed by atoms with E-state index in [1.807, 2.05) is 12.1 Å². The lowest BCUT2D eigenvalue weighted by molar-refractivity contribution is 0.990. The summed E-state index contributed by atoms with van der Waals surface area (Å²) in [6, 6.07) is 7.28. The number of H-pyrrole nitrogens is 1. The first-order valence-corrected chi connectivity index (χ1v) is 6.43. The van der Waals surface area contributed by atoms with Crippen LogP contribution in [0.15, 0.2) is 30.5 Å². The fourth-order valence-corrected chi connectivity index (χ4v) is 2.20. The second-order valence-electron chi connectivity index (χ2n) is 4.11. The van der Waals surface area contributed by atoms with Crippen LogP contribution in [0.3, 0.4) is 0 Å². The molecule has 2 heterocycles. The molecule has 0 fully saturated rings. The van der Waals surface area contributed by atoms with Gasteiger partial charge < -0.3 is 10.7 Å². The van der Waals surface area contributed by atoms with Crippen molar-refractivity contribution in [2.45, 2.75) is 6.54 Å². The molecule has 0 radical (unpaired) electrons. The Labute approximate surface area is 119 Å². The lowest BCUT2D eigenvalue weighted by Crippen LogP contribution is -1.99. The highest BCUT2D eigenvalue weighted by atomic mass is 35.5. The Morgan fingerprint density at radius 3 is 2.74 bits per heavy atom. The third-order valence-electron chi connectivity index (χ3n) is 2.82. The van der Waals surface area contributed by atoms with Crippen LogP contribution in [-0.4, -0.2) is 15.0 Å². The maximum atomic E-state index is 5.98. The molecular formula is C13H10Cl2N4. The monoisotopic (exact) mass is 292 g/mol. The zero-order chi connectivity index (χ0) is 13.4. The quantitative estimate of drug-likeness (QED) is 0.761. The third kappa shape index (κ3) is 2.30. The Bertz CT molecular complexity index is 712. The molecule has 2 aromatic heterocycles. The van der Waals surface area contributed by atoms with Gasteiger partial charge in [-0.15, -0.1) is 0 Å². The molecule has 4 nitrogen and oxygen atoms in total. The van der Waals surface area contributed by atoms with Gasteiger partial charge in [-0.3, -0.25) is 4.98 Å². The molecule has 0 saturated carbocycles. The average Bonchev–Trinajstić information content (AvgIpc) is 2.82. The van der Waals surface area contributed by atoms with Gasteiger partial charge in [0.15, 0.2) is 0 Å². The summed E-state index contributed by atoms with van der Waals surface area (Å²) in [4.78, 5) is 11.9. The van der Waals surface area contributed by atoms with Crippen molar-refractivity contribution in [1.29, 1.82) is 0 Å². The molecule has 1 aromatic carbocycles. The maximum absolute atomic E-state index is 5.98. The number of halogens is 2. The normalized spacial score (nSPS) is 11.1. The number of aromatic nitrogens is 3. The molecule has 19 heavy (non-hydrogen) atoms. The Morgan fingerprint density at radius 1 is 1.16 bits per heavy atom. The second kappa shape index (κ2) is 4.81. The van der Waals surface area contributed by atoms with Crippen molar-refractivity contribution in [2.24, 2.45) is 5.73 Å². The van der Waals surface area contributed by atoms with Gasteiger partial charge in [0.25, 0.3) is 0 Å². The molecule has 0 aliphatic rings. The van der Waals surface area contributed by atoms with Gasteiger partial charge in [-0.25, -0.2) is 4.98 Å². The number of nitrogens with one attached hydrogen (secondary N) is 1. The van der Waals surface area contributed by atoms with Gasteiger partial charge in [-0.1, -0.05) is 23.2 Å². The van der Waals surface area contributed by atoms with E-state index in [1.165, 1.54) is 0 Å². The van der Waals surface area contributed by atoms with E-state index in [0.29, 0.717) is 16.6 Å². The predicted octanol–water partition coefficient (Wildman–Crippen LogP) is 3.39. The van der Waals surface area contributed by atoms with Crippen LogP contribution in [0.1, 0.15) is 5.69 Å². The summed E-state index contributed by atoms with van der Waals surface area (Å²) in [5, 5.41) is 0.992. The van der Waals surface area contributed by atoms with Crippen LogP contribution in [0.25, 0.3) is 22.4 Å². The SMILES string of the molecule is NCc1cc(-c2nc3cc(Cl)c(Cl)cc3[nH]2)ccn1. The highest BCUT2D eigenvalue weighted by Gasteiger charge is 2.08. The average molecular weight is 293 g/mol. The fourth-order valence-electron chi connectivity index (χ4n) is 1.88. The van der Waals surface area contributed by atoms with Crippen LogP contribution in [0.5, 0.6) is 0 Å². The summed E-state index contributed by atoms with van der Waals surface area (Å²) in [5.74, 6) is 0.741. The summed E-state index contributed by atoms with van der Waals surface area (Å²) >= 11 is 12.0. The molecule has 3 aromatic rings. The molecule has 0 aliphatic heterocycles. The van der Waals surface area contributed by atoms with E-state index in [9.17, 15) is 0 Å². The van der Waals surface area contributed by atoms with Crippen molar-refractivity contribution < 1.29 is 0 Å². The van der Waals surface area contributed by atoms with Gasteiger partial charge in [0.1, 0.15) is 5.82 Å². The molecule has 0 amide bonds. The largest absolute Gasteiger partial charge is 0.338 e. The molecule has 3 N–H and O–H groups in total. The number of nitrogens with two attached hydrogens (primary N) is 1. The van der Waals surface area contributed by atoms with Crippen molar-refractivity contribution in [1.82, 2.24) is 15.0 Å². The van der Waals surface area contributed by atoms with Crippen LogP contribution in [0.4, 0.5) is 0 Å². The third-order valence-corrected chi connectivity index (χ3v) is 3.55. The molecule has 3 rings (SSSR count). The van der Waals surface area contributed by atoms with E-state index in [-0.39, 0.29) is 0 Å². The minimum atomic E-state index is 0.395. The van der Waals surface area contributed by atoms with Gasteiger partial charge in [0, 0.05) is 18.3 Å². The number of nitrogens with zero attached hydrogens (tertiary/aromatic N) is 2. The minimum Gasteiger partial charge on any atom is -0.338 e. The molecule has 0 spiro atoms. The van der Waals surface area contributed by atoms with E-state index in [0.717, 1.165) is 28.1 Å². The first-order valence-electron chi connectivity index (χ1n) is 5.67. The van der Waals surface area contributed by atoms with Crippen LogP contribution >= 0.6 is 23.2 Å². The topological polar surface area (TPSA) is 67.6 Å². The van der Waals surface area contributed by atoms with Crippen LogP contribution in [0, 0.1) is 0 Å². The molecule has 6 heteroatoms. The number of aromatic amines is 1. The number of benzene rings is 1. The number of rotatable bonds is 2. The molecule has 0 bridgehead atoms. The van der Waals surface area contributed by atoms with E-state index in [1.54, 1.807) is 18.3 Å². The van der Waals surface area contributed by atoms with Gasteiger partial charge in [0.2, 0.25) is 0 Å². The molecule has 0 saturated heterocycles. The van der Waals surface area contributed by atoms with E-state index in [4.69, 9.17) is 28.9 Å². The van der Waals surface area contributed by atoms with Gasteiger partial charge >= 0.3 is 0 Å². The lowest BCUT2D eigenvalue weighted by atomic mass is 10.2. The predicted molar refractivity (Wildman–Crippen MR) is 77.2 cm³/mol. The molecule has 0 aliphatic carbocycles. The highest BCUT2D eigenvalue weighted by Crippen LogP contribution is 2.28. The van der Waals surface area contributed by atoms with E-state index < -0.39 is 0 Å². The summed E-state index contributed by atoms with van der Waals surface area (Å²) < 4.78 is 0. The lowest BCUT2D eigenvalue weighted by Gasteiger charge is -1.99. The Hall–Kier alpha value is -1.62. The van der Waals surface area contributed by atoms with Crippen molar-refractivity contribution in [2.75, 3.05) is 0 Å². The Balaban J connectivity index is 2.14. The summed E-state index contributed by atoms with van der Waals surface area (Å²) in [7, 11) is 0. The standard InChI is InChI=1S/C13H10Cl2N4/c14-9-4-11-12(5-10(9)15)19-13(18-11)7-1-2-17-8(3-7)6-16/h1-5H,6,16H2,(H,18,19). The first kappa shape index (κ1) is 12.4. The van der Waals surface area contributed by atoms with Gasteiger partial charge in [-0.05, 0) is 24.3 Å². The van der Waals surface area contributed by atoms with E-state index >= 15 is 0 Å². The van der Waals surface area contributed by atoms with Gasteiger partial charge in [-0.2, -0.15) is 0 Å². The number of hydrogen-bond acceptors (Lipinski definition) is 3. The van der Waals surface area contributed by atoms with Gasteiger partial charge in [0.05, 0.1) is 26.8 Å². The molecule has 0 unspecified atom stereocenters. The molecule has 0 atom stereocenters. The van der Waals surface area contributed by atoms with Crippen LogP contribution < -0.4 is 5.73 Å². The zero-order valence-corrected chi connectivity index (χ0v) is 11.3. The summed E-state index contributed by atoms with van der Waals surface area (Å²) in [6.45, 7) is 0.395. The maximum Gasteiger partial charge on any atom is 0.138 e. The van der Waals surface area contributed by atoms with Crippen molar-refractivity contribution in [3.8, 4) is 11.4 Å². The summed E-state index contributed by atoms with van der Waals surface area (Å²) in [5.41, 5.74) is 8.94. The Kier molecular flexibility index (Phi) is 3.14. The first-order chi connectivity index (χ1) is 9.17. The zero-order valence-electron chi connectivity index (χ0n) is 9.82. The van der Waals surface area contributed by atoms with Crippen LogP contribution in [-0.2, 0) is 6.54 Å². The summed E-state index contributed by atoms with van der Waals surface area (Å²) in [6.07, 6.45) is 1.71.